The average molecular weight is 439 g/mol. The van der Waals surface area contributed by atoms with E-state index in [0.717, 1.165) is 27.8 Å². The Balaban J connectivity index is 1.59. The zero-order chi connectivity index (χ0) is 23.5. The maximum Gasteiger partial charge on any atom is 0.339 e. The smallest absolute Gasteiger partial charge is 0.339 e. The normalized spacial score (nSPS) is 10.8. The fourth-order valence-electron chi connectivity index (χ4n) is 3.85. The van der Waals surface area contributed by atoms with Gasteiger partial charge in [0.25, 0.3) is 5.91 Å². The predicted molar refractivity (Wildman–Crippen MR) is 131 cm³/mol. The summed E-state index contributed by atoms with van der Waals surface area (Å²) in [4.78, 5) is 30.2. The maximum atomic E-state index is 13.0. The van der Waals surface area contributed by atoms with Gasteiger partial charge in [0.2, 0.25) is 0 Å². The number of amides is 1. The van der Waals surface area contributed by atoms with E-state index in [0.29, 0.717) is 27.8 Å². The van der Waals surface area contributed by atoms with Gasteiger partial charge < -0.3 is 10.1 Å². The van der Waals surface area contributed by atoms with E-state index >= 15 is 0 Å². The van der Waals surface area contributed by atoms with Crippen LogP contribution >= 0.6 is 0 Å². The zero-order valence-electron chi connectivity index (χ0n) is 19.2. The van der Waals surface area contributed by atoms with Crippen molar-refractivity contribution in [2.24, 2.45) is 0 Å². The van der Waals surface area contributed by atoms with Gasteiger partial charge in [-0.2, -0.15) is 0 Å². The average Bonchev–Trinajstić information content (AvgIpc) is 2.79. The van der Waals surface area contributed by atoms with Crippen LogP contribution in [0.2, 0.25) is 0 Å². The summed E-state index contributed by atoms with van der Waals surface area (Å²) in [6, 6.07) is 21.1. The third kappa shape index (κ3) is 4.93. The first-order valence-corrected chi connectivity index (χ1v) is 10.8. The van der Waals surface area contributed by atoms with Crippen molar-refractivity contribution < 1.29 is 14.3 Å². The number of hydrogen-bond donors (Lipinski definition) is 1. The molecular weight excluding hydrogens is 412 g/mol. The lowest BCUT2D eigenvalue weighted by atomic mass is 9.99. The van der Waals surface area contributed by atoms with Crippen molar-refractivity contribution in [2.45, 2.75) is 27.7 Å². The lowest BCUT2D eigenvalue weighted by Crippen LogP contribution is -2.21. The monoisotopic (exact) mass is 438 g/mol. The molecule has 1 aromatic heterocycles. The van der Waals surface area contributed by atoms with E-state index in [2.05, 4.69) is 11.4 Å². The molecule has 1 N–H and O–H groups in total. The van der Waals surface area contributed by atoms with Gasteiger partial charge in [-0.15, -0.1) is 0 Å². The fraction of sp³-hybridized carbons (Fsp3) is 0.179. The number of rotatable bonds is 5. The van der Waals surface area contributed by atoms with E-state index in [4.69, 9.17) is 9.72 Å². The molecule has 0 bridgehead atoms. The Bertz CT molecular complexity index is 1380. The van der Waals surface area contributed by atoms with Crippen LogP contribution in [0.1, 0.15) is 32.6 Å². The van der Waals surface area contributed by atoms with Crippen molar-refractivity contribution in [3.05, 3.63) is 94.5 Å². The summed E-state index contributed by atoms with van der Waals surface area (Å²) >= 11 is 0. The number of para-hydroxylation sites is 1. The summed E-state index contributed by atoms with van der Waals surface area (Å²) < 4.78 is 5.40. The van der Waals surface area contributed by atoms with E-state index in [1.165, 1.54) is 0 Å². The Labute approximate surface area is 193 Å². The molecule has 33 heavy (non-hydrogen) atoms. The Hall–Kier alpha value is -3.99. The maximum absolute atomic E-state index is 13.0. The second-order valence-electron chi connectivity index (χ2n) is 8.33. The van der Waals surface area contributed by atoms with Crippen LogP contribution in [-0.4, -0.2) is 23.5 Å². The van der Waals surface area contributed by atoms with Gasteiger partial charge in [0.05, 0.1) is 16.8 Å². The fourth-order valence-corrected chi connectivity index (χ4v) is 3.85. The zero-order valence-corrected chi connectivity index (χ0v) is 19.2. The van der Waals surface area contributed by atoms with Gasteiger partial charge in [0.1, 0.15) is 0 Å². The molecule has 0 spiro atoms. The number of fused-ring (bicyclic) bond motifs is 1. The number of ether oxygens (including phenoxy) is 1. The van der Waals surface area contributed by atoms with Gasteiger partial charge in [0.15, 0.2) is 6.61 Å². The molecule has 0 aliphatic heterocycles. The second kappa shape index (κ2) is 9.25. The SMILES string of the molecule is Cc1ccc(-c2cc(C(=O)OCC(=O)Nc3cc(C)ccc3C)c3ccccc3n2)c(C)c1. The lowest BCUT2D eigenvalue weighted by Gasteiger charge is -2.12. The number of carbonyl (C=O) groups is 2. The van der Waals surface area contributed by atoms with E-state index in [-0.39, 0.29) is 12.5 Å². The number of anilines is 1. The van der Waals surface area contributed by atoms with Gasteiger partial charge in [-0.1, -0.05) is 54.1 Å². The number of benzene rings is 3. The van der Waals surface area contributed by atoms with E-state index < -0.39 is 5.97 Å². The van der Waals surface area contributed by atoms with Gasteiger partial charge >= 0.3 is 5.97 Å². The van der Waals surface area contributed by atoms with Crippen LogP contribution in [0.25, 0.3) is 22.2 Å². The minimum atomic E-state index is -0.560. The molecule has 0 saturated heterocycles. The Morgan fingerprint density at radius 1 is 0.848 bits per heavy atom. The quantitative estimate of drug-likeness (QED) is 0.392. The summed E-state index contributed by atoms with van der Waals surface area (Å²) in [6.07, 6.45) is 0. The Morgan fingerprint density at radius 2 is 1.58 bits per heavy atom. The summed E-state index contributed by atoms with van der Waals surface area (Å²) in [5, 5.41) is 3.50. The van der Waals surface area contributed by atoms with Crippen LogP contribution in [0, 0.1) is 27.7 Å². The molecule has 1 heterocycles. The molecule has 5 heteroatoms. The van der Waals surface area contributed by atoms with Crippen molar-refractivity contribution in [3.63, 3.8) is 0 Å². The molecule has 0 radical (unpaired) electrons. The summed E-state index contributed by atoms with van der Waals surface area (Å²) in [6.45, 7) is 7.56. The predicted octanol–water partition coefficient (Wildman–Crippen LogP) is 5.93. The number of pyridine rings is 1. The number of hydrogen-bond acceptors (Lipinski definition) is 4. The van der Waals surface area contributed by atoms with Gasteiger partial charge in [-0.25, -0.2) is 9.78 Å². The molecule has 0 aliphatic rings. The second-order valence-corrected chi connectivity index (χ2v) is 8.33. The van der Waals surface area contributed by atoms with Crippen LogP contribution in [0.5, 0.6) is 0 Å². The topological polar surface area (TPSA) is 68.3 Å². The van der Waals surface area contributed by atoms with Crippen molar-refractivity contribution in [1.82, 2.24) is 4.98 Å². The van der Waals surface area contributed by atoms with E-state index in [9.17, 15) is 9.59 Å². The van der Waals surface area contributed by atoms with Crippen LogP contribution in [-0.2, 0) is 9.53 Å². The highest BCUT2D eigenvalue weighted by molar-refractivity contribution is 6.05. The highest BCUT2D eigenvalue weighted by Crippen LogP contribution is 2.28. The van der Waals surface area contributed by atoms with Crippen molar-refractivity contribution >= 4 is 28.5 Å². The van der Waals surface area contributed by atoms with Crippen molar-refractivity contribution in [2.75, 3.05) is 11.9 Å². The largest absolute Gasteiger partial charge is 0.452 e. The van der Waals surface area contributed by atoms with Gasteiger partial charge in [0, 0.05) is 16.6 Å². The van der Waals surface area contributed by atoms with Crippen molar-refractivity contribution in [1.29, 1.82) is 0 Å². The first kappa shape index (κ1) is 22.2. The molecule has 4 rings (SSSR count). The first-order chi connectivity index (χ1) is 15.8. The number of carbonyl (C=O) groups excluding carboxylic acids is 2. The Kier molecular flexibility index (Phi) is 6.22. The molecular formula is C28H26N2O3. The third-order valence-electron chi connectivity index (χ3n) is 5.60. The van der Waals surface area contributed by atoms with E-state index in [1.807, 2.05) is 82.3 Å². The van der Waals surface area contributed by atoms with Crippen LogP contribution in [0.4, 0.5) is 5.69 Å². The molecule has 0 atom stereocenters. The molecule has 5 nitrogen and oxygen atoms in total. The third-order valence-corrected chi connectivity index (χ3v) is 5.60. The molecule has 0 unspecified atom stereocenters. The van der Waals surface area contributed by atoms with Crippen LogP contribution < -0.4 is 5.32 Å². The molecule has 0 saturated carbocycles. The standard InChI is InChI=1S/C28H26N2O3/c1-17-10-12-21(20(4)13-17)26-15-23(22-7-5-6-8-24(22)29-26)28(32)33-16-27(31)30-25-14-18(2)9-11-19(25)3/h5-15H,16H2,1-4H3,(H,30,31). The summed E-state index contributed by atoms with van der Waals surface area (Å²) in [7, 11) is 0. The molecule has 0 aliphatic carbocycles. The van der Waals surface area contributed by atoms with Crippen LogP contribution in [0.3, 0.4) is 0 Å². The minimum absolute atomic E-state index is 0.373. The number of nitrogens with zero attached hydrogens (tertiary/aromatic N) is 1. The van der Waals surface area contributed by atoms with Gasteiger partial charge in [-0.05, 0) is 62.6 Å². The highest BCUT2D eigenvalue weighted by atomic mass is 16.5. The molecule has 1 amide bonds. The molecule has 4 aromatic rings. The number of aryl methyl sites for hydroxylation is 4. The molecule has 166 valence electrons. The van der Waals surface area contributed by atoms with Crippen molar-refractivity contribution in [3.8, 4) is 11.3 Å². The Morgan fingerprint density at radius 3 is 2.36 bits per heavy atom. The summed E-state index contributed by atoms with van der Waals surface area (Å²) in [5.41, 5.74) is 7.65. The number of aromatic nitrogens is 1. The molecule has 3 aromatic carbocycles. The van der Waals surface area contributed by atoms with Gasteiger partial charge in [-0.3, -0.25) is 4.79 Å². The van der Waals surface area contributed by atoms with E-state index in [1.54, 1.807) is 6.07 Å². The first-order valence-electron chi connectivity index (χ1n) is 10.8. The minimum Gasteiger partial charge on any atom is -0.452 e. The number of esters is 1. The lowest BCUT2D eigenvalue weighted by molar-refractivity contribution is -0.119. The summed E-state index contributed by atoms with van der Waals surface area (Å²) in [5.74, 6) is -0.944. The molecule has 0 fully saturated rings. The highest BCUT2D eigenvalue weighted by Gasteiger charge is 2.17. The number of nitrogens with one attached hydrogen (secondary N) is 1. The van der Waals surface area contributed by atoms with Crippen LogP contribution in [0.15, 0.2) is 66.7 Å².